The Hall–Kier alpha value is -2.71. The zero-order chi connectivity index (χ0) is 19.8. The quantitative estimate of drug-likeness (QED) is 0.786. The molecular weight excluding hydrogens is 370 g/mol. The van der Waals surface area contributed by atoms with Crippen molar-refractivity contribution in [3.63, 3.8) is 0 Å². The van der Waals surface area contributed by atoms with Gasteiger partial charge < -0.3 is 9.84 Å². The number of esters is 1. The Kier molecular flexibility index (Phi) is 5.03. The number of hydrogen-bond acceptors (Lipinski definition) is 5. The van der Waals surface area contributed by atoms with E-state index in [9.17, 15) is 23.1 Å². The number of sulfonamides is 1. The molecule has 0 amide bonds. The molecule has 0 spiro atoms. The lowest BCUT2D eigenvalue weighted by atomic mass is 9.97. The van der Waals surface area contributed by atoms with E-state index in [1.54, 1.807) is 12.1 Å². The summed E-state index contributed by atoms with van der Waals surface area (Å²) in [7, 11) is -2.99. The molecule has 142 valence electrons. The maximum absolute atomic E-state index is 12.5. The summed E-state index contributed by atoms with van der Waals surface area (Å²) in [5, 5.41) is 7.81. The molecule has 3 rings (SSSR count). The Morgan fingerprint density at radius 3 is 2.11 bits per heavy atom. The fourth-order valence-electron chi connectivity index (χ4n) is 3.29. The Labute approximate surface area is 157 Å². The van der Waals surface area contributed by atoms with Crippen LogP contribution in [-0.4, -0.2) is 48.2 Å². The van der Waals surface area contributed by atoms with Crippen LogP contribution < -0.4 is 0 Å². The van der Waals surface area contributed by atoms with Crippen molar-refractivity contribution in [2.45, 2.75) is 24.3 Å². The first-order valence-electron chi connectivity index (χ1n) is 8.27. The molecule has 1 fully saturated rings. The highest BCUT2D eigenvalue weighted by Gasteiger charge is 2.61. The van der Waals surface area contributed by atoms with Crippen molar-refractivity contribution in [2.24, 2.45) is 0 Å². The van der Waals surface area contributed by atoms with Crippen LogP contribution in [0.5, 0.6) is 0 Å². The number of rotatable bonds is 5. The lowest BCUT2D eigenvalue weighted by Gasteiger charge is -2.47. The molecule has 2 unspecified atom stereocenters. The Balaban J connectivity index is 2.00. The highest BCUT2D eigenvalue weighted by molar-refractivity contribution is 7.92. The minimum absolute atomic E-state index is 0.535. The number of carbonyl (C=O) groups is 2. The standard InChI is InChI=1S/C19H19NO6S/c1-12(18(21)22)20-16(17(19(23)26-2)27(20,24)25)15-10-8-14(9-11-15)13-6-4-3-5-7-13/h3-12,16-17H,1-2H3,(H,21,22)/t12-,16?,17?/m0/s1. The average Bonchev–Trinajstić information content (AvgIpc) is 2.66. The Morgan fingerprint density at radius 2 is 1.59 bits per heavy atom. The second-order valence-corrected chi connectivity index (χ2v) is 8.23. The average molecular weight is 389 g/mol. The molecule has 0 radical (unpaired) electrons. The van der Waals surface area contributed by atoms with E-state index in [1.165, 1.54) is 6.92 Å². The molecule has 1 aliphatic heterocycles. The van der Waals surface area contributed by atoms with E-state index in [-0.39, 0.29) is 0 Å². The monoisotopic (exact) mass is 389 g/mol. The molecule has 1 heterocycles. The molecule has 0 aliphatic carbocycles. The lowest BCUT2D eigenvalue weighted by molar-refractivity contribution is -0.147. The van der Waals surface area contributed by atoms with Crippen LogP contribution in [0.1, 0.15) is 18.5 Å². The first-order chi connectivity index (χ1) is 12.8. The molecule has 1 aliphatic rings. The maximum atomic E-state index is 12.5. The van der Waals surface area contributed by atoms with E-state index in [0.29, 0.717) is 5.56 Å². The third kappa shape index (κ3) is 3.22. The molecule has 1 saturated heterocycles. The second kappa shape index (κ2) is 7.13. The molecule has 2 aromatic carbocycles. The van der Waals surface area contributed by atoms with Gasteiger partial charge in [-0.05, 0) is 23.6 Å². The van der Waals surface area contributed by atoms with E-state index < -0.39 is 39.3 Å². The summed E-state index contributed by atoms with van der Waals surface area (Å²) in [5.74, 6) is -2.19. The van der Waals surface area contributed by atoms with Crippen LogP contribution in [0.2, 0.25) is 0 Å². The fourth-order valence-corrected chi connectivity index (χ4v) is 5.40. The number of ether oxygens (including phenoxy) is 1. The van der Waals surface area contributed by atoms with Gasteiger partial charge in [0, 0.05) is 0 Å². The van der Waals surface area contributed by atoms with Gasteiger partial charge >= 0.3 is 11.9 Å². The van der Waals surface area contributed by atoms with Crippen molar-refractivity contribution in [1.82, 2.24) is 4.31 Å². The maximum Gasteiger partial charge on any atom is 0.327 e. The molecule has 7 nitrogen and oxygen atoms in total. The summed E-state index contributed by atoms with van der Waals surface area (Å²) in [4.78, 5) is 23.4. The van der Waals surface area contributed by atoms with Crippen molar-refractivity contribution in [2.75, 3.05) is 7.11 Å². The first kappa shape index (κ1) is 19.1. The predicted molar refractivity (Wildman–Crippen MR) is 98.3 cm³/mol. The fraction of sp³-hybridized carbons (Fsp3) is 0.263. The Bertz CT molecular complexity index is 955. The van der Waals surface area contributed by atoms with Gasteiger partial charge in [0.1, 0.15) is 6.04 Å². The van der Waals surface area contributed by atoms with Crippen molar-refractivity contribution < 1.29 is 27.9 Å². The van der Waals surface area contributed by atoms with Crippen LogP contribution in [0.15, 0.2) is 54.6 Å². The summed E-state index contributed by atoms with van der Waals surface area (Å²) in [6, 6.07) is 14.4. The second-order valence-electron chi connectivity index (χ2n) is 6.27. The third-order valence-corrected chi connectivity index (χ3v) is 6.93. The zero-order valence-corrected chi connectivity index (χ0v) is 15.6. The van der Waals surface area contributed by atoms with Gasteiger partial charge in [-0.1, -0.05) is 54.6 Å². The van der Waals surface area contributed by atoms with Crippen molar-refractivity contribution in [3.8, 4) is 11.1 Å². The van der Waals surface area contributed by atoms with Crippen molar-refractivity contribution in [3.05, 3.63) is 60.2 Å². The minimum Gasteiger partial charge on any atom is -0.480 e. The minimum atomic E-state index is -4.10. The smallest absolute Gasteiger partial charge is 0.327 e. The number of hydrogen-bond donors (Lipinski definition) is 1. The number of carboxylic acid groups (broad SMARTS) is 1. The van der Waals surface area contributed by atoms with Gasteiger partial charge in [0.25, 0.3) is 0 Å². The number of nitrogens with zero attached hydrogens (tertiary/aromatic N) is 1. The van der Waals surface area contributed by atoms with E-state index in [4.69, 9.17) is 0 Å². The van der Waals surface area contributed by atoms with Crippen LogP contribution >= 0.6 is 0 Å². The summed E-state index contributed by atoms with van der Waals surface area (Å²) >= 11 is 0. The lowest BCUT2D eigenvalue weighted by Crippen LogP contribution is -2.65. The zero-order valence-electron chi connectivity index (χ0n) is 14.8. The predicted octanol–water partition coefficient (Wildman–Crippen LogP) is 2.05. The molecule has 0 saturated carbocycles. The summed E-state index contributed by atoms with van der Waals surface area (Å²) < 4.78 is 30.5. The van der Waals surface area contributed by atoms with Crippen molar-refractivity contribution >= 4 is 22.0 Å². The topological polar surface area (TPSA) is 101 Å². The van der Waals surface area contributed by atoms with Gasteiger partial charge in [-0.25, -0.2) is 8.42 Å². The van der Waals surface area contributed by atoms with Gasteiger partial charge in [-0.3, -0.25) is 9.59 Å². The van der Waals surface area contributed by atoms with Gasteiger partial charge in [0.05, 0.1) is 13.2 Å². The molecule has 8 heteroatoms. The van der Waals surface area contributed by atoms with Crippen LogP contribution in [-0.2, 0) is 24.3 Å². The van der Waals surface area contributed by atoms with E-state index in [0.717, 1.165) is 22.5 Å². The molecule has 2 aromatic rings. The number of carboxylic acids is 1. The molecule has 0 aromatic heterocycles. The van der Waals surface area contributed by atoms with E-state index >= 15 is 0 Å². The number of benzene rings is 2. The number of aliphatic carboxylic acids is 1. The van der Waals surface area contributed by atoms with Gasteiger partial charge in [-0.2, -0.15) is 4.31 Å². The van der Waals surface area contributed by atoms with Crippen LogP contribution in [0.4, 0.5) is 0 Å². The summed E-state index contributed by atoms with van der Waals surface area (Å²) in [5.41, 5.74) is 2.45. The normalized spacial score (nSPS) is 22.4. The van der Waals surface area contributed by atoms with Crippen molar-refractivity contribution in [1.29, 1.82) is 0 Å². The summed E-state index contributed by atoms with van der Waals surface area (Å²) in [6.45, 7) is 1.28. The highest BCUT2D eigenvalue weighted by atomic mass is 32.2. The largest absolute Gasteiger partial charge is 0.480 e. The SMILES string of the molecule is COC(=O)C1C(c2ccc(-c3ccccc3)cc2)N([C@@H](C)C(=O)O)S1(=O)=O. The molecular formula is C19H19NO6S. The van der Waals surface area contributed by atoms with Crippen LogP contribution in [0, 0.1) is 0 Å². The number of carbonyl (C=O) groups excluding carboxylic acids is 1. The van der Waals surface area contributed by atoms with Gasteiger partial charge in [0.15, 0.2) is 5.25 Å². The Morgan fingerprint density at radius 1 is 1.04 bits per heavy atom. The highest BCUT2D eigenvalue weighted by Crippen LogP contribution is 2.44. The summed E-state index contributed by atoms with van der Waals surface area (Å²) in [6.07, 6.45) is 0. The van der Waals surface area contributed by atoms with E-state index in [2.05, 4.69) is 4.74 Å². The first-order valence-corrected chi connectivity index (χ1v) is 9.77. The third-order valence-electron chi connectivity index (χ3n) is 4.71. The van der Waals surface area contributed by atoms with Gasteiger partial charge in [-0.15, -0.1) is 0 Å². The number of methoxy groups -OCH3 is 1. The van der Waals surface area contributed by atoms with Crippen LogP contribution in [0.3, 0.4) is 0 Å². The van der Waals surface area contributed by atoms with E-state index in [1.807, 2.05) is 42.5 Å². The molecule has 1 N–H and O–H groups in total. The molecule has 3 atom stereocenters. The van der Waals surface area contributed by atoms with Gasteiger partial charge in [0.2, 0.25) is 10.0 Å². The van der Waals surface area contributed by atoms with Crippen LogP contribution in [0.25, 0.3) is 11.1 Å². The molecule has 0 bridgehead atoms. The molecule has 27 heavy (non-hydrogen) atoms.